The maximum atomic E-state index is 11.3. The van der Waals surface area contributed by atoms with E-state index in [9.17, 15) is 39.6 Å². The molecule has 2 bridgehead atoms. The number of carboxylic acids is 4. The van der Waals surface area contributed by atoms with E-state index >= 15 is 0 Å². The number of thioether (sulfide) groups is 1. The minimum atomic E-state index is -1.39. The minimum absolute atomic E-state index is 0.145. The summed E-state index contributed by atoms with van der Waals surface area (Å²) in [5, 5.41) is 35.7. The highest BCUT2D eigenvalue weighted by molar-refractivity contribution is 8.00. The van der Waals surface area contributed by atoms with Crippen molar-refractivity contribution in [2.45, 2.75) is 5.25 Å². The monoisotopic (exact) mass is 304 g/mol. The Morgan fingerprint density at radius 3 is 1.35 bits per heavy atom. The molecule has 3 fully saturated rings. The van der Waals surface area contributed by atoms with Crippen molar-refractivity contribution in [3.8, 4) is 0 Å². The number of carboxylic acid groups (broad SMARTS) is 4. The van der Waals surface area contributed by atoms with Crippen LogP contribution in [0, 0.1) is 29.6 Å². The molecule has 0 aromatic heterocycles. The second kappa shape index (κ2) is 4.97. The van der Waals surface area contributed by atoms with Crippen LogP contribution >= 0.6 is 11.8 Å². The van der Waals surface area contributed by atoms with E-state index in [-0.39, 0.29) is 5.75 Å². The number of fused-ring (bicyclic) bond motifs is 3. The lowest BCUT2D eigenvalue weighted by atomic mass is 9.61. The van der Waals surface area contributed by atoms with E-state index in [1.54, 1.807) is 0 Å². The molecule has 110 valence electrons. The Bertz CT molecular complexity index is 405. The van der Waals surface area contributed by atoms with Crippen LogP contribution in [0.3, 0.4) is 0 Å². The molecule has 0 spiro atoms. The first-order chi connectivity index (χ1) is 9.27. The van der Waals surface area contributed by atoms with Crippen LogP contribution < -0.4 is 0 Å². The summed E-state index contributed by atoms with van der Waals surface area (Å²) in [4.78, 5) is 45.2. The van der Waals surface area contributed by atoms with E-state index in [2.05, 4.69) is 0 Å². The molecule has 2 saturated heterocycles. The third-order valence-electron chi connectivity index (χ3n) is 4.03. The van der Waals surface area contributed by atoms with Crippen molar-refractivity contribution in [3.63, 3.8) is 0 Å². The molecule has 20 heavy (non-hydrogen) atoms. The lowest BCUT2D eigenvalue weighted by Gasteiger charge is -2.50. The predicted octanol–water partition coefficient (Wildman–Crippen LogP) is -0.465. The van der Waals surface area contributed by atoms with Crippen LogP contribution in [0.5, 0.6) is 0 Å². The second-order valence-corrected chi connectivity index (χ2v) is 6.13. The molecule has 4 atom stereocenters. The van der Waals surface area contributed by atoms with Crippen LogP contribution in [0.15, 0.2) is 0 Å². The molecular weight excluding hydrogens is 292 g/mol. The second-order valence-electron chi connectivity index (χ2n) is 4.92. The van der Waals surface area contributed by atoms with Crippen molar-refractivity contribution in [3.05, 3.63) is 0 Å². The highest BCUT2D eigenvalue weighted by Crippen LogP contribution is 2.54. The molecular formula is C11H12O8S. The fourth-order valence-corrected chi connectivity index (χ4v) is 5.13. The van der Waals surface area contributed by atoms with Crippen LogP contribution in [0.2, 0.25) is 0 Å². The van der Waals surface area contributed by atoms with Gasteiger partial charge in [0.15, 0.2) is 0 Å². The number of aliphatic carboxylic acids is 4. The summed E-state index contributed by atoms with van der Waals surface area (Å²) in [5.74, 6) is -11.9. The Labute approximate surface area is 116 Å². The molecule has 0 aromatic carbocycles. The van der Waals surface area contributed by atoms with Gasteiger partial charge in [-0.25, -0.2) is 0 Å². The van der Waals surface area contributed by atoms with E-state index in [4.69, 9.17) is 0 Å². The van der Waals surface area contributed by atoms with Crippen LogP contribution in [-0.4, -0.2) is 55.3 Å². The fraction of sp³-hybridized carbons (Fsp3) is 0.636. The zero-order valence-corrected chi connectivity index (χ0v) is 10.8. The van der Waals surface area contributed by atoms with Crippen molar-refractivity contribution in [2.75, 3.05) is 5.75 Å². The van der Waals surface area contributed by atoms with Crippen molar-refractivity contribution in [2.24, 2.45) is 29.6 Å². The van der Waals surface area contributed by atoms with Gasteiger partial charge in [-0.2, -0.15) is 11.8 Å². The average Bonchev–Trinajstić information content (AvgIpc) is 2.36. The summed E-state index contributed by atoms with van der Waals surface area (Å²) in [6, 6.07) is 0. The average molecular weight is 304 g/mol. The molecule has 3 aliphatic rings. The van der Waals surface area contributed by atoms with Crippen LogP contribution in [0.25, 0.3) is 0 Å². The third-order valence-corrected chi connectivity index (χ3v) is 5.57. The summed E-state index contributed by atoms with van der Waals surface area (Å²) >= 11 is 1.04. The first kappa shape index (κ1) is 14.6. The van der Waals surface area contributed by atoms with Crippen LogP contribution in [0.4, 0.5) is 0 Å². The summed E-state index contributed by atoms with van der Waals surface area (Å²) in [6.45, 7) is 0. The van der Waals surface area contributed by atoms with Crippen molar-refractivity contribution in [1.29, 1.82) is 0 Å². The molecule has 0 amide bonds. The molecule has 0 radical (unpaired) electrons. The summed E-state index contributed by atoms with van der Waals surface area (Å²) in [5.41, 5.74) is 0. The molecule has 1 saturated carbocycles. The van der Waals surface area contributed by atoms with Gasteiger partial charge >= 0.3 is 23.9 Å². The van der Waals surface area contributed by atoms with E-state index < -0.39 is 58.7 Å². The highest BCUT2D eigenvalue weighted by atomic mass is 32.2. The molecule has 1 aliphatic carbocycles. The van der Waals surface area contributed by atoms with E-state index in [0.717, 1.165) is 11.8 Å². The molecule has 2 heterocycles. The van der Waals surface area contributed by atoms with Gasteiger partial charge in [0.05, 0.1) is 23.7 Å². The number of hydrogen-bond acceptors (Lipinski definition) is 5. The molecule has 4 unspecified atom stereocenters. The van der Waals surface area contributed by atoms with E-state index in [0.29, 0.717) is 0 Å². The number of carbonyl (C=O) groups is 4. The normalized spacial score (nSPS) is 39.2. The van der Waals surface area contributed by atoms with Gasteiger partial charge in [-0.05, 0) is 11.7 Å². The summed E-state index contributed by atoms with van der Waals surface area (Å²) in [6.07, 6.45) is 0. The third kappa shape index (κ3) is 2.01. The van der Waals surface area contributed by atoms with Gasteiger partial charge in [-0.1, -0.05) is 0 Å². The summed E-state index contributed by atoms with van der Waals surface area (Å²) in [7, 11) is 0. The number of rotatable bonds is 4. The quantitative estimate of drug-likeness (QED) is 0.540. The largest absolute Gasteiger partial charge is 0.481 e. The van der Waals surface area contributed by atoms with Crippen molar-refractivity contribution >= 4 is 35.6 Å². The van der Waals surface area contributed by atoms with Crippen molar-refractivity contribution in [1.82, 2.24) is 0 Å². The maximum absolute atomic E-state index is 11.3. The fourth-order valence-electron chi connectivity index (χ4n) is 3.29. The zero-order chi connectivity index (χ0) is 15.2. The van der Waals surface area contributed by atoms with Gasteiger partial charge in [0.2, 0.25) is 0 Å². The maximum Gasteiger partial charge on any atom is 0.308 e. The SMILES string of the molecule is O=C(O)C1C2CSC(C1C(=O)O)C(C(=O)O)C2C(=O)O. The topological polar surface area (TPSA) is 149 Å². The van der Waals surface area contributed by atoms with Gasteiger partial charge in [-0.15, -0.1) is 0 Å². The van der Waals surface area contributed by atoms with E-state index in [1.807, 2.05) is 0 Å². The Morgan fingerprint density at radius 1 is 0.700 bits per heavy atom. The Balaban J connectivity index is 2.51. The van der Waals surface area contributed by atoms with Gasteiger partial charge in [0.25, 0.3) is 0 Å². The Morgan fingerprint density at radius 2 is 1.05 bits per heavy atom. The molecule has 8 nitrogen and oxygen atoms in total. The highest BCUT2D eigenvalue weighted by Gasteiger charge is 2.63. The number of hydrogen-bond donors (Lipinski definition) is 4. The van der Waals surface area contributed by atoms with Gasteiger partial charge < -0.3 is 20.4 Å². The first-order valence-electron chi connectivity index (χ1n) is 5.80. The van der Waals surface area contributed by atoms with Crippen LogP contribution in [-0.2, 0) is 19.2 Å². The van der Waals surface area contributed by atoms with Crippen LogP contribution in [0.1, 0.15) is 0 Å². The molecule has 3 rings (SSSR count). The minimum Gasteiger partial charge on any atom is -0.481 e. The van der Waals surface area contributed by atoms with Gasteiger partial charge in [0, 0.05) is 5.25 Å². The Kier molecular flexibility index (Phi) is 3.63. The molecule has 2 aliphatic heterocycles. The zero-order valence-electron chi connectivity index (χ0n) is 10.0. The Hall–Kier alpha value is -1.77. The lowest BCUT2D eigenvalue weighted by Crippen LogP contribution is -2.61. The smallest absolute Gasteiger partial charge is 0.308 e. The predicted molar refractivity (Wildman–Crippen MR) is 64.2 cm³/mol. The molecule has 4 N–H and O–H groups in total. The molecule has 9 heteroatoms. The lowest BCUT2D eigenvalue weighted by molar-refractivity contribution is -0.173. The van der Waals surface area contributed by atoms with Gasteiger partial charge in [-0.3, -0.25) is 19.2 Å². The first-order valence-corrected chi connectivity index (χ1v) is 6.85. The van der Waals surface area contributed by atoms with E-state index in [1.165, 1.54) is 0 Å². The molecule has 0 aromatic rings. The van der Waals surface area contributed by atoms with Crippen molar-refractivity contribution < 1.29 is 39.6 Å². The van der Waals surface area contributed by atoms with Gasteiger partial charge in [0.1, 0.15) is 0 Å². The summed E-state index contributed by atoms with van der Waals surface area (Å²) < 4.78 is 0. The standard InChI is InChI=1S/C11H12O8S/c12-8(13)3-2-1-20-7(5(3)10(16)17)6(11(18)19)4(2)9(14)15/h2-7H,1H2,(H,12,13)(H,14,15)(H,16,17)(H,18,19).